The molecule has 150 valence electrons. The summed E-state index contributed by atoms with van der Waals surface area (Å²) in [6, 6.07) is 11.8. The molecule has 2 amide bonds. The van der Waals surface area contributed by atoms with Crippen LogP contribution in [0.15, 0.2) is 47.4 Å². The van der Waals surface area contributed by atoms with Crippen molar-refractivity contribution in [2.45, 2.75) is 0 Å². The van der Waals surface area contributed by atoms with E-state index in [1.807, 2.05) is 0 Å². The number of nitrogens with one attached hydrogen (secondary N) is 1. The summed E-state index contributed by atoms with van der Waals surface area (Å²) in [5, 5.41) is 1.06. The zero-order valence-corrected chi connectivity index (χ0v) is 17.6. The number of hydrazine groups is 1. The average Bonchev–Trinajstić information content (AvgIpc) is 3.01. The van der Waals surface area contributed by atoms with Gasteiger partial charge in [0.25, 0.3) is 11.8 Å². The summed E-state index contributed by atoms with van der Waals surface area (Å²) < 4.78 is 15.9. The Bertz CT molecular complexity index is 989. The summed E-state index contributed by atoms with van der Waals surface area (Å²) >= 11 is 6.36. The Labute approximate surface area is 177 Å². The number of carbonyl (C=O) groups is 2. The lowest BCUT2D eigenvalue weighted by Crippen LogP contribution is -2.44. The molecule has 1 saturated heterocycles. The first-order valence-corrected chi connectivity index (χ1v) is 9.64. The van der Waals surface area contributed by atoms with Crippen molar-refractivity contribution in [1.29, 1.82) is 0 Å². The number of thioether (sulfide) groups is 1. The first kappa shape index (κ1) is 20.7. The second-order valence-corrected chi connectivity index (χ2v) is 7.47. The first-order chi connectivity index (χ1) is 14.0. The van der Waals surface area contributed by atoms with Crippen LogP contribution in [0.2, 0.25) is 0 Å². The minimum atomic E-state index is -0.454. The first-order valence-electron chi connectivity index (χ1n) is 8.42. The summed E-state index contributed by atoms with van der Waals surface area (Å²) in [5.74, 6) is 0.955. The zero-order valence-electron chi connectivity index (χ0n) is 15.9. The highest BCUT2D eigenvalue weighted by Gasteiger charge is 2.34. The van der Waals surface area contributed by atoms with Gasteiger partial charge >= 0.3 is 0 Å². The topological polar surface area (TPSA) is 77.1 Å². The maximum atomic E-state index is 12.8. The largest absolute Gasteiger partial charge is 0.497 e. The predicted molar refractivity (Wildman–Crippen MR) is 115 cm³/mol. The van der Waals surface area contributed by atoms with E-state index in [1.54, 1.807) is 69.9 Å². The van der Waals surface area contributed by atoms with E-state index in [1.165, 1.54) is 0 Å². The van der Waals surface area contributed by atoms with Gasteiger partial charge in [0.15, 0.2) is 4.32 Å². The molecule has 1 aliphatic rings. The maximum absolute atomic E-state index is 12.8. The Morgan fingerprint density at radius 2 is 1.69 bits per heavy atom. The quantitative estimate of drug-likeness (QED) is 0.557. The normalized spacial score (nSPS) is 14.9. The van der Waals surface area contributed by atoms with E-state index in [4.69, 9.17) is 26.4 Å². The molecular weight excluding hydrogens is 412 g/mol. The zero-order chi connectivity index (χ0) is 21.0. The third-order valence-corrected chi connectivity index (χ3v) is 5.38. The highest BCUT2D eigenvalue weighted by Crippen LogP contribution is 2.34. The number of thiocarbonyl (C=S) groups is 1. The number of ether oxygens (including phenoxy) is 3. The standard InChI is InChI=1S/C20H18N2O5S2/c1-25-14-6-4-12(5-7-14)18(23)21-22-19(24)17(29-20(22)28)11-13-10-15(26-2)8-9-16(13)27-3/h4-11H,1-3H3,(H,21,23)/b17-11+. The minimum Gasteiger partial charge on any atom is -0.497 e. The third kappa shape index (κ3) is 4.52. The number of hydrogen-bond acceptors (Lipinski definition) is 7. The van der Waals surface area contributed by atoms with Gasteiger partial charge in [-0.2, -0.15) is 5.01 Å². The highest BCUT2D eigenvalue weighted by atomic mass is 32.2. The van der Waals surface area contributed by atoms with E-state index < -0.39 is 11.8 Å². The molecule has 1 N–H and O–H groups in total. The molecule has 0 saturated carbocycles. The van der Waals surface area contributed by atoms with Crippen molar-refractivity contribution in [1.82, 2.24) is 10.4 Å². The smallest absolute Gasteiger partial charge is 0.285 e. The number of hydrogen-bond donors (Lipinski definition) is 1. The molecule has 1 aliphatic heterocycles. The fourth-order valence-electron chi connectivity index (χ4n) is 2.57. The molecule has 0 aliphatic carbocycles. The molecular formula is C20H18N2O5S2. The summed E-state index contributed by atoms with van der Waals surface area (Å²) in [4.78, 5) is 25.6. The van der Waals surface area contributed by atoms with Gasteiger partial charge in [0.05, 0.1) is 26.2 Å². The Balaban J connectivity index is 1.80. The lowest BCUT2D eigenvalue weighted by atomic mass is 10.1. The number of methoxy groups -OCH3 is 3. The molecule has 1 heterocycles. The number of nitrogens with zero attached hydrogens (tertiary/aromatic N) is 1. The SMILES string of the molecule is COc1ccc(C(=O)NN2C(=O)/C(=C\c3cc(OC)ccc3OC)SC2=S)cc1. The van der Waals surface area contributed by atoms with Crippen LogP contribution in [0.25, 0.3) is 6.08 Å². The molecule has 2 aromatic carbocycles. The van der Waals surface area contributed by atoms with Crippen molar-refractivity contribution in [2.75, 3.05) is 21.3 Å². The van der Waals surface area contributed by atoms with E-state index in [0.29, 0.717) is 33.3 Å². The molecule has 0 bridgehead atoms. The van der Waals surface area contributed by atoms with Gasteiger partial charge in [0.2, 0.25) is 0 Å². The molecule has 0 radical (unpaired) electrons. The lowest BCUT2D eigenvalue weighted by molar-refractivity contribution is -0.123. The lowest BCUT2D eigenvalue weighted by Gasteiger charge is -2.15. The van der Waals surface area contributed by atoms with Crippen molar-refractivity contribution in [3.8, 4) is 17.2 Å². The van der Waals surface area contributed by atoms with E-state index in [0.717, 1.165) is 16.8 Å². The molecule has 3 rings (SSSR count). The van der Waals surface area contributed by atoms with E-state index in [-0.39, 0.29) is 4.32 Å². The summed E-state index contributed by atoms with van der Waals surface area (Å²) in [6.45, 7) is 0. The van der Waals surface area contributed by atoms with Crippen LogP contribution in [0, 0.1) is 0 Å². The van der Waals surface area contributed by atoms with Gasteiger partial charge in [-0.05, 0) is 60.8 Å². The van der Waals surface area contributed by atoms with Gasteiger partial charge in [-0.3, -0.25) is 15.0 Å². The van der Waals surface area contributed by atoms with Gasteiger partial charge < -0.3 is 14.2 Å². The van der Waals surface area contributed by atoms with E-state index in [2.05, 4.69) is 5.43 Å². The molecule has 9 heteroatoms. The van der Waals surface area contributed by atoms with Crippen molar-refractivity contribution in [3.05, 3.63) is 58.5 Å². The van der Waals surface area contributed by atoms with Gasteiger partial charge in [0.1, 0.15) is 17.2 Å². The second kappa shape index (κ2) is 8.97. The Hall–Kier alpha value is -3.04. The minimum absolute atomic E-state index is 0.227. The van der Waals surface area contributed by atoms with Crippen LogP contribution in [0.3, 0.4) is 0 Å². The van der Waals surface area contributed by atoms with E-state index in [9.17, 15) is 9.59 Å². The fraction of sp³-hybridized carbons (Fsp3) is 0.150. The summed E-state index contributed by atoms with van der Waals surface area (Å²) in [6.07, 6.45) is 1.65. The molecule has 2 aromatic rings. The van der Waals surface area contributed by atoms with Gasteiger partial charge in [0, 0.05) is 11.1 Å². The average molecular weight is 431 g/mol. The predicted octanol–water partition coefficient (Wildman–Crippen LogP) is 3.26. The van der Waals surface area contributed by atoms with Crippen molar-refractivity contribution >= 4 is 46.2 Å². The van der Waals surface area contributed by atoms with Crippen LogP contribution in [0.5, 0.6) is 17.2 Å². The molecule has 7 nitrogen and oxygen atoms in total. The van der Waals surface area contributed by atoms with Crippen molar-refractivity contribution in [2.24, 2.45) is 0 Å². The molecule has 0 atom stereocenters. The number of carbonyl (C=O) groups excluding carboxylic acids is 2. The fourth-order valence-corrected chi connectivity index (χ4v) is 3.74. The van der Waals surface area contributed by atoms with Crippen molar-refractivity contribution in [3.63, 3.8) is 0 Å². The number of rotatable bonds is 6. The molecule has 0 unspecified atom stereocenters. The maximum Gasteiger partial charge on any atom is 0.285 e. The van der Waals surface area contributed by atoms with Crippen LogP contribution in [0.4, 0.5) is 0 Å². The van der Waals surface area contributed by atoms with Crippen LogP contribution in [-0.4, -0.2) is 42.5 Å². The third-order valence-electron chi connectivity index (χ3n) is 4.08. The number of benzene rings is 2. The highest BCUT2D eigenvalue weighted by molar-refractivity contribution is 8.26. The Morgan fingerprint density at radius 1 is 1.03 bits per heavy atom. The van der Waals surface area contributed by atoms with Gasteiger partial charge in [-0.25, -0.2) is 0 Å². The Morgan fingerprint density at radius 3 is 2.31 bits per heavy atom. The van der Waals surface area contributed by atoms with E-state index >= 15 is 0 Å². The number of amides is 2. The van der Waals surface area contributed by atoms with Crippen LogP contribution >= 0.6 is 24.0 Å². The molecule has 29 heavy (non-hydrogen) atoms. The van der Waals surface area contributed by atoms with Crippen LogP contribution < -0.4 is 19.6 Å². The van der Waals surface area contributed by atoms with Crippen LogP contribution in [-0.2, 0) is 4.79 Å². The van der Waals surface area contributed by atoms with Gasteiger partial charge in [-0.15, -0.1) is 0 Å². The molecule has 0 aromatic heterocycles. The second-order valence-electron chi connectivity index (χ2n) is 5.79. The summed E-state index contributed by atoms with van der Waals surface area (Å²) in [7, 11) is 4.64. The van der Waals surface area contributed by atoms with Crippen molar-refractivity contribution < 1.29 is 23.8 Å². The Kier molecular flexibility index (Phi) is 6.40. The van der Waals surface area contributed by atoms with Crippen LogP contribution in [0.1, 0.15) is 15.9 Å². The summed E-state index contributed by atoms with van der Waals surface area (Å²) in [5.41, 5.74) is 3.58. The monoisotopic (exact) mass is 430 g/mol. The molecule has 0 spiro atoms. The molecule has 1 fully saturated rings. The van der Waals surface area contributed by atoms with Gasteiger partial charge in [-0.1, -0.05) is 11.8 Å².